The van der Waals surface area contributed by atoms with Crippen molar-refractivity contribution < 1.29 is 14.3 Å². The highest BCUT2D eigenvalue weighted by molar-refractivity contribution is 5.74. The molecule has 0 aliphatic heterocycles. The molecule has 12 heavy (non-hydrogen) atoms. The molecule has 0 amide bonds. The first-order valence-corrected chi connectivity index (χ1v) is 3.85. The van der Waals surface area contributed by atoms with Crippen molar-refractivity contribution in [1.29, 1.82) is 0 Å². The fourth-order valence-corrected chi connectivity index (χ4v) is 0.738. The Morgan fingerprint density at radius 2 is 1.92 bits per heavy atom. The minimum absolute atomic E-state index is 0. The van der Waals surface area contributed by atoms with E-state index in [0.29, 0.717) is 6.42 Å². The number of esters is 1. The number of carbonyl (C=O) groups excluding carboxylic acids is 1. The minimum Gasteiger partial charge on any atom is -0.461 e. The zero-order valence-electron chi connectivity index (χ0n) is 7.59. The van der Waals surface area contributed by atoms with Gasteiger partial charge < -0.3 is 9.47 Å². The monoisotopic (exact) mass is 176 g/mol. The second-order valence-corrected chi connectivity index (χ2v) is 2.62. The van der Waals surface area contributed by atoms with Gasteiger partial charge in [0.25, 0.3) is 0 Å². The van der Waals surface area contributed by atoms with E-state index in [4.69, 9.17) is 9.47 Å². The van der Waals surface area contributed by atoms with Gasteiger partial charge in [0.1, 0.15) is 0 Å². The normalized spacial score (nSPS) is 12.1. The molecule has 0 heterocycles. The Bertz CT molecular complexity index is 117. The second kappa shape index (κ2) is 7.10. The maximum absolute atomic E-state index is 11.1. The molecule has 3 nitrogen and oxygen atoms in total. The molecule has 0 rings (SSSR count). The summed E-state index contributed by atoms with van der Waals surface area (Å²) in [6, 6.07) is 0. The average Bonchev–Trinajstić information content (AvgIpc) is 1.88. The molecule has 0 saturated carbocycles. The molecule has 74 valence electrons. The number of rotatable bonds is 4. The van der Waals surface area contributed by atoms with Crippen LogP contribution in [0.5, 0.6) is 0 Å². The first-order chi connectivity index (χ1) is 5.11. The van der Waals surface area contributed by atoms with E-state index in [-0.39, 0.29) is 19.5 Å². The van der Waals surface area contributed by atoms with Crippen LogP contribution in [0.4, 0.5) is 0 Å². The lowest BCUT2D eigenvalue weighted by molar-refractivity contribution is -0.159. The highest BCUT2D eigenvalue weighted by Crippen LogP contribution is 2.01. The summed E-state index contributed by atoms with van der Waals surface area (Å²) in [4.78, 5) is 11.1. The highest BCUT2D eigenvalue weighted by atomic mass is 16.6. The molecule has 0 aromatic carbocycles. The third kappa shape index (κ3) is 5.13. The lowest BCUT2D eigenvalue weighted by Gasteiger charge is -2.14. The summed E-state index contributed by atoms with van der Waals surface area (Å²) in [7, 11) is 1.51. The van der Waals surface area contributed by atoms with Gasteiger partial charge in [-0.2, -0.15) is 0 Å². The van der Waals surface area contributed by atoms with Gasteiger partial charge in [-0.05, 0) is 20.3 Å². The number of carbonyl (C=O) groups is 1. The number of methoxy groups -OCH3 is 1. The van der Waals surface area contributed by atoms with E-state index in [1.807, 2.05) is 20.8 Å². The van der Waals surface area contributed by atoms with Crippen molar-refractivity contribution in [1.82, 2.24) is 0 Å². The van der Waals surface area contributed by atoms with E-state index in [1.54, 1.807) is 0 Å². The van der Waals surface area contributed by atoms with Gasteiger partial charge in [0.15, 0.2) is 6.10 Å². The fourth-order valence-electron chi connectivity index (χ4n) is 0.738. The number of hydrogen-bond donors (Lipinski definition) is 0. The van der Waals surface area contributed by atoms with Crippen molar-refractivity contribution in [3.63, 3.8) is 0 Å². The Balaban J connectivity index is 0. The van der Waals surface area contributed by atoms with Gasteiger partial charge in [-0.15, -0.1) is 0 Å². The van der Waals surface area contributed by atoms with Gasteiger partial charge in [-0.1, -0.05) is 14.4 Å². The summed E-state index contributed by atoms with van der Waals surface area (Å²) >= 11 is 0. The quantitative estimate of drug-likeness (QED) is 0.614. The van der Waals surface area contributed by atoms with E-state index in [0.717, 1.165) is 0 Å². The van der Waals surface area contributed by atoms with Crippen LogP contribution in [0, 0.1) is 0 Å². The molecular formula is C9H20O3. The highest BCUT2D eigenvalue weighted by Gasteiger charge is 2.17. The molecule has 1 atom stereocenters. The second-order valence-electron chi connectivity index (χ2n) is 2.62. The molecule has 0 spiro atoms. The predicted molar refractivity (Wildman–Crippen MR) is 49.0 cm³/mol. The van der Waals surface area contributed by atoms with Crippen LogP contribution in [0.15, 0.2) is 0 Å². The van der Waals surface area contributed by atoms with E-state index >= 15 is 0 Å². The third-order valence-electron chi connectivity index (χ3n) is 1.27. The van der Waals surface area contributed by atoms with Crippen LogP contribution in [-0.2, 0) is 14.3 Å². The molecule has 0 radical (unpaired) electrons. The van der Waals surface area contributed by atoms with E-state index in [2.05, 4.69) is 0 Å². The van der Waals surface area contributed by atoms with Crippen LogP contribution in [0.2, 0.25) is 0 Å². The number of hydrogen-bond acceptors (Lipinski definition) is 3. The van der Waals surface area contributed by atoms with Crippen LogP contribution in [0.1, 0.15) is 34.6 Å². The van der Waals surface area contributed by atoms with Crippen molar-refractivity contribution in [2.75, 3.05) is 7.11 Å². The van der Waals surface area contributed by atoms with E-state index in [1.165, 1.54) is 7.11 Å². The Morgan fingerprint density at radius 3 is 2.17 bits per heavy atom. The lowest BCUT2D eigenvalue weighted by Crippen LogP contribution is -2.26. The van der Waals surface area contributed by atoms with E-state index in [9.17, 15) is 4.79 Å². The summed E-state index contributed by atoms with van der Waals surface area (Å²) in [5.41, 5.74) is 0. The smallest absolute Gasteiger partial charge is 0.335 e. The maximum Gasteiger partial charge on any atom is 0.335 e. The Labute approximate surface area is 75.1 Å². The fraction of sp³-hybridized carbons (Fsp3) is 0.889. The molecule has 0 fully saturated rings. The standard InChI is InChI=1S/C8H16O3.CH4/c1-5-7(10-4)8(9)11-6(2)3;/h6-7H,5H2,1-4H3;1H4. The van der Waals surface area contributed by atoms with Crippen molar-refractivity contribution in [2.24, 2.45) is 0 Å². The van der Waals surface area contributed by atoms with Crippen molar-refractivity contribution in [3.8, 4) is 0 Å². The summed E-state index contributed by atoms with van der Waals surface area (Å²) < 4.78 is 9.82. The summed E-state index contributed by atoms with van der Waals surface area (Å²) in [5.74, 6) is -0.273. The Kier molecular flexibility index (Phi) is 8.27. The largest absolute Gasteiger partial charge is 0.461 e. The molecule has 0 aliphatic carbocycles. The SMILES string of the molecule is C.CCC(OC)C(=O)OC(C)C. The van der Waals surface area contributed by atoms with Crippen LogP contribution in [0.25, 0.3) is 0 Å². The molecule has 0 aromatic heterocycles. The molecule has 3 heteroatoms. The van der Waals surface area contributed by atoms with Crippen LogP contribution < -0.4 is 0 Å². The summed E-state index contributed by atoms with van der Waals surface area (Å²) in [6.07, 6.45) is 0.186. The topological polar surface area (TPSA) is 35.5 Å². The molecule has 0 bridgehead atoms. The zero-order chi connectivity index (χ0) is 8.85. The Morgan fingerprint density at radius 1 is 1.42 bits per heavy atom. The van der Waals surface area contributed by atoms with Gasteiger partial charge in [0.2, 0.25) is 0 Å². The Hall–Kier alpha value is -0.570. The van der Waals surface area contributed by atoms with Gasteiger partial charge >= 0.3 is 5.97 Å². The molecule has 0 aromatic rings. The third-order valence-corrected chi connectivity index (χ3v) is 1.27. The zero-order valence-corrected chi connectivity index (χ0v) is 7.59. The van der Waals surface area contributed by atoms with Gasteiger partial charge in [0, 0.05) is 7.11 Å². The van der Waals surface area contributed by atoms with Crippen molar-refractivity contribution in [2.45, 2.75) is 46.8 Å². The first-order valence-electron chi connectivity index (χ1n) is 3.85. The maximum atomic E-state index is 11.1. The average molecular weight is 176 g/mol. The summed E-state index contributed by atoms with van der Waals surface area (Å²) in [5, 5.41) is 0. The predicted octanol–water partition coefficient (Wildman–Crippen LogP) is 2.00. The van der Waals surface area contributed by atoms with Crippen LogP contribution >= 0.6 is 0 Å². The molecule has 0 aliphatic rings. The molecular weight excluding hydrogens is 156 g/mol. The number of ether oxygens (including phenoxy) is 2. The summed E-state index contributed by atoms with van der Waals surface area (Å²) in [6.45, 7) is 5.52. The van der Waals surface area contributed by atoms with Gasteiger partial charge in [-0.25, -0.2) is 4.79 Å². The lowest BCUT2D eigenvalue weighted by atomic mass is 10.3. The first kappa shape index (κ1) is 14.0. The van der Waals surface area contributed by atoms with Crippen molar-refractivity contribution in [3.05, 3.63) is 0 Å². The van der Waals surface area contributed by atoms with Crippen LogP contribution in [0.3, 0.4) is 0 Å². The van der Waals surface area contributed by atoms with Crippen molar-refractivity contribution >= 4 is 5.97 Å². The van der Waals surface area contributed by atoms with Gasteiger partial charge in [0.05, 0.1) is 6.10 Å². The van der Waals surface area contributed by atoms with Gasteiger partial charge in [-0.3, -0.25) is 0 Å². The van der Waals surface area contributed by atoms with E-state index < -0.39 is 6.10 Å². The minimum atomic E-state index is -0.405. The molecule has 0 saturated heterocycles. The van der Waals surface area contributed by atoms with Crippen LogP contribution in [-0.4, -0.2) is 25.3 Å². The molecule has 0 N–H and O–H groups in total. The molecule has 1 unspecified atom stereocenters.